The van der Waals surface area contributed by atoms with Crippen molar-refractivity contribution in [3.63, 3.8) is 0 Å². The number of tetrazole rings is 1. The standard InChI is InChI=1S/C11H11ClN4S/c12-10-4-2-1-3-8(10)7-17-11-13-14-15-16(11)9-5-6-9/h1-4,9H,5-7H2. The Hall–Kier alpha value is -1.07. The maximum atomic E-state index is 6.11. The van der Waals surface area contributed by atoms with Crippen molar-refractivity contribution < 1.29 is 0 Å². The van der Waals surface area contributed by atoms with E-state index < -0.39 is 0 Å². The summed E-state index contributed by atoms with van der Waals surface area (Å²) in [6.07, 6.45) is 2.37. The van der Waals surface area contributed by atoms with Crippen molar-refractivity contribution in [3.8, 4) is 0 Å². The molecule has 1 heterocycles. The first-order chi connectivity index (χ1) is 8.34. The van der Waals surface area contributed by atoms with Gasteiger partial charge in [0.15, 0.2) is 0 Å². The van der Waals surface area contributed by atoms with Gasteiger partial charge < -0.3 is 0 Å². The van der Waals surface area contributed by atoms with Crippen molar-refractivity contribution in [1.82, 2.24) is 20.2 Å². The lowest BCUT2D eigenvalue weighted by Crippen LogP contribution is -1.98. The summed E-state index contributed by atoms with van der Waals surface area (Å²) in [5, 5.41) is 13.5. The molecule has 88 valence electrons. The lowest BCUT2D eigenvalue weighted by molar-refractivity contribution is 0.565. The van der Waals surface area contributed by atoms with E-state index in [9.17, 15) is 0 Å². The van der Waals surface area contributed by atoms with Crippen LogP contribution in [0.4, 0.5) is 0 Å². The fraction of sp³-hybridized carbons (Fsp3) is 0.364. The summed E-state index contributed by atoms with van der Waals surface area (Å²) in [5.41, 5.74) is 1.12. The van der Waals surface area contributed by atoms with Crippen LogP contribution < -0.4 is 0 Å². The van der Waals surface area contributed by atoms with E-state index in [0.717, 1.165) is 21.5 Å². The molecular formula is C11H11ClN4S. The molecule has 1 aromatic heterocycles. The summed E-state index contributed by atoms with van der Waals surface area (Å²) in [7, 11) is 0. The van der Waals surface area contributed by atoms with E-state index in [2.05, 4.69) is 15.5 Å². The van der Waals surface area contributed by atoms with Gasteiger partial charge in [-0.1, -0.05) is 41.6 Å². The second-order valence-corrected chi connectivity index (χ2v) is 5.37. The Kier molecular flexibility index (Phi) is 3.03. The number of hydrogen-bond acceptors (Lipinski definition) is 4. The topological polar surface area (TPSA) is 43.6 Å². The molecule has 0 unspecified atom stereocenters. The summed E-state index contributed by atoms with van der Waals surface area (Å²) in [5.74, 6) is 0.798. The van der Waals surface area contributed by atoms with Crippen LogP contribution in [-0.2, 0) is 5.75 Å². The minimum Gasteiger partial charge on any atom is -0.217 e. The first-order valence-corrected chi connectivity index (χ1v) is 6.85. The molecule has 0 atom stereocenters. The summed E-state index contributed by atoms with van der Waals surface area (Å²) >= 11 is 7.74. The second kappa shape index (κ2) is 4.66. The Morgan fingerprint density at radius 2 is 2.18 bits per heavy atom. The van der Waals surface area contributed by atoms with Crippen LogP contribution in [0.5, 0.6) is 0 Å². The van der Waals surface area contributed by atoms with Crippen LogP contribution >= 0.6 is 23.4 Å². The van der Waals surface area contributed by atoms with Crippen LogP contribution in [0.25, 0.3) is 0 Å². The SMILES string of the molecule is Clc1ccccc1CSc1nnnn1C1CC1. The van der Waals surface area contributed by atoms with Crippen molar-refractivity contribution in [3.05, 3.63) is 34.9 Å². The van der Waals surface area contributed by atoms with Gasteiger partial charge in [0.05, 0.1) is 6.04 Å². The number of rotatable bonds is 4. The van der Waals surface area contributed by atoms with E-state index in [1.165, 1.54) is 12.8 Å². The third-order valence-electron chi connectivity index (χ3n) is 2.67. The summed E-state index contributed by atoms with van der Waals surface area (Å²) in [4.78, 5) is 0. The molecule has 0 bridgehead atoms. The lowest BCUT2D eigenvalue weighted by atomic mass is 10.2. The summed E-state index contributed by atoms with van der Waals surface area (Å²) in [6.45, 7) is 0. The van der Waals surface area contributed by atoms with Crippen molar-refractivity contribution in [2.75, 3.05) is 0 Å². The van der Waals surface area contributed by atoms with Gasteiger partial charge in [-0.3, -0.25) is 0 Å². The second-order valence-electron chi connectivity index (χ2n) is 4.02. The monoisotopic (exact) mass is 266 g/mol. The first kappa shape index (κ1) is 11.0. The molecule has 0 saturated heterocycles. The van der Waals surface area contributed by atoms with Gasteiger partial charge in [0, 0.05) is 10.8 Å². The number of halogens is 1. The highest BCUT2D eigenvalue weighted by Crippen LogP contribution is 2.37. The van der Waals surface area contributed by atoms with Crippen molar-refractivity contribution in [2.24, 2.45) is 0 Å². The van der Waals surface area contributed by atoms with Crippen molar-refractivity contribution in [2.45, 2.75) is 29.8 Å². The van der Waals surface area contributed by atoms with E-state index in [4.69, 9.17) is 11.6 Å². The molecule has 0 amide bonds. The number of nitrogens with zero attached hydrogens (tertiary/aromatic N) is 4. The molecule has 0 radical (unpaired) electrons. The van der Waals surface area contributed by atoms with E-state index in [1.54, 1.807) is 11.8 Å². The van der Waals surface area contributed by atoms with Gasteiger partial charge in [-0.25, -0.2) is 4.68 Å². The predicted octanol–water partition coefficient (Wildman–Crippen LogP) is 2.95. The molecule has 1 aliphatic rings. The van der Waals surface area contributed by atoms with Crippen LogP contribution in [0.2, 0.25) is 5.02 Å². The van der Waals surface area contributed by atoms with Gasteiger partial charge in [0.1, 0.15) is 0 Å². The molecule has 0 N–H and O–H groups in total. The van der Waals surface area contributed by atoms with Gasteiger partial charge in [-0.05, 0) is 34.9 Å². The zero-order valence-corrected chi connectivity index (χ0v) is 10.7. The van der Waals surface area contributed by atoms with Crippen molar-refractivity contribution >= 4 is 23.4 Å². The summed E-state index contributed by atoms with van der Waals surface area (Å²) < 4.78 is 1.92. The average Bonchev–Trinajstić information content (AvgIpc) is 3.08. The smallest absolute Gasteiger partial charge is 0.209 e. The van der Waals surface area contributed by atoms with Gasteiger partial charge >= 0.3 is 0 Å². The Labute approximate surface area is 108 Å². The Balaban J connectivity index is 1.71. The molecule has 3 rings (SSSR count). The molecule has 4 nitrogen and oxygen atoms in total. The molecule has 6 heteroatoms. The first-order valence-electron chi connectivity index (χ1n) is 5.48. The fourth-order valence-corrected chi connectivity index (χ4v) is 2.82. The minimum atomic E-state index is 0.513. The van der Waals surface area contributed by atoms with Gasteiger partial charge in [0.2, 0.25) is 5.16 Å². The zero-order chi connectivity index (χ0) is 11.7. The van der Waals surface area contributed by atoms with Gasteiger partial charge in [0.25, 0.3) is 0 Å². The van der Waals surface area contributed by atoms with Crippen molar-refractivity contribution in [1.29, 1.82) is 0 Å². The molecule has 1 aromatic carbocycles. The minimum absolute atomic E-state index is 0.513. The van der Waals surface area contributed by atoms with Crippen LogP contribution in [0, 0.1) is 0 Å². The third kappa shape index (κ3) is 2.45. The maximum Gasteiger partial charge on any atom is 0.209 e. The highest BCUT2D eigenvalue weighted by atomic mass is 35.5. The fourth-order valence-electron chi connectivity index (χ4n) is 1.59. The maximum absolute atomic E-state index is 6.11. The van der Waals surface area contributed by atoms with E-state index in [0.29, 0.717) is 6.04 Å². The number of hydrogen-bond donors (Lipinski definition) is 0. The number of aromatic nitrogens is 4. The van der Waals surface area contributed by atoms with Crippen LogP contribution in [0.1, 0.15) is 24.4 Å². The molecule has 1 aliphatic carbocycles. The highest BCUT2D eigenvalue weighted by molar-refractivity contribution is 7.98. The lowest BCUT2D eigenvalue weighted by Gasteiger charge is -2.03. The molecule has 1 fully saturated rings. The molecular weight excluding hydrogens is 256 g/mol. The summed E-state index contributed by atoms with van der Waals surface area (Å²) in [6, 6.07) is 8.37. The Morgan fingerprint density at radius 1 is 1.35 bits per heavy atom. The molecule has 17 heavy (non-hydrogen) atoms. The molecule has 2 aromatic rings. The van der Waals surface area contributed by atoms with Crippen LogP contribution in [0.3, 0.4) is 0 Å². The molecule has 0 spiro atoms. The largest absolute Gasteiger partial charge is 0.217 e. The Morgan fingerprint density at radius 3 is 2.94 bits per heavy atom. The zero-order valence-electron chi connectivity index (χ0n) is 9.08. The quantitative estimate of drug-likeness (QED) is 0.798. The van der Waals surface area contributed by atoms with Crippen LogP contribution in [-0.4, -0.2) is 20.2 Å². The predicted molar refractivity (Wildman–Crippen MR) is 67.1 cm³/mol. The third-order valence-corrected chi connectivity index (χ3v) is 4.02. The van der Waals surface area contributed by atoms with E-state index >= 15 is 0 Å². The van der Waals surface area contributed by atoms with Gasteiger partial charge in [-0.15, -0.1) is 5.10 Å². The van der Waals surface area contributed by atoms with E-state index in [-0.39, 0.29) is 0 Å². The molecule has 0 aliphatic heterocycles. The Bertz CT molecular complexity index is 524. The van der Waals surface area contributed by atoms with Crippen LogP contribution in [0.15, 0.2) is 29.4 Å². The molecule has 1 saturated carbocycles. The average molecular weight is 267 g/mol. The highest BCUT2D eigenvalue weighted by Gasteiger charge is 2.27. The number of benzene rings is 1. The van der Waals surface area contributed by atoms with E-state index in [1.807, 2.05) is 28.9 Å². The number of thioether (sulfide) groups is 1. The normalized spacial score (nSPS) is 15.1. The van der Waals surface area contributed by atoms with Gasteiger partial charge in [-0.2, -0.15) is 0 Å².